The third-order valence-electron chi connectivity index (χ3n) is 2.51. The van der Waals surface area contributed by atoms with Gasteiger partial charge in [0.05, 0.1) is 16.5 Å². The van der Waals surface area contributed by atoms with Gasteiger partial charge in [0.2, 0.25) is 10.0 Å². The lowest BCUT2D eigenvalue weighted by atomic mass is 10.2. The van der Waals surface area contributed by atoms with E-state index in [1.54, 1.807) is 7.05 Å². The number of hydrogen-bond acceptors (Lipinski definition) is 3. The molecule has 4 nitrogen and oxygen atoms in total. The van der Waals surface area contributed by atoms with Crippen LogP contribution in [0.1, 0.15) is 12.5 Å². The minimum atomic E-state index is -4.61. The molecular weight excluding hydrogens is 281 g/mol. The van der Waals surface area contributed by atoms with Crippen molar-refractivity contribution in [3.63, 3.8) is 0 Å². The highest BCUT2D eigenvalue weighted by molar-refractivity contribution is 7.93. The van der Waals surface area contributed by atoms with E-state index in [4.69, 9.17) is 0 Å². The number of benzene rings is 1. The van der Waals surface area contributed by atoms with Gasteiger partial charge in [-0.15, -0.1) is 0 Å². The van der Waals surface area contributed by atoms with Crippen LogP contribution >= 0.6 is 0 Å². The Kier molecular flexibility index (Phi) is 4.81. The summed E-state index contributed by atoms with van der Waals surface area (Å²) < 4.78 is 63.9. The molecule has 0 fully saturated rings. The van der Waals surface area contributed by atoms with E-state index in [0.29, 0.717) is 0 Å². The molecule has 1 aromatic carbocycles. The lowest BCUT2D eigenvalue weighted by Crippen LogP contribution is -2.33. The van der Waals surface area contributed by atoms with Crippen LogP contribution in [0.3, 0.4) is 0 Å². The van der Waals surface area contributed by atoms with Gasteiger partial charge in [-0.3, -0.25) is 4.72 Å². The molecule has 0 aliphatic rings. The molecule has 0 amide bonds. The molecule has 0 bridgehead atoms. The zero-order valence-corrected chi connectivity index (χ0v) is 11.3. The Morgan fingerprint density at radius 3 is 2.37 bits per heavy atom. The third-order valence-corrected chi connectivity index (χ3v) is 4.24. The van der Waals surface area contributed by atoms with Crippen molar-refractivity contribution in [2.75, 3.05) is 18.3 Å². The van der Waals surface area contributed by atoms with Crippen LogP contribution in [-0.2, 0) is 16.2 Å². The van der Waals surface area contributed by atoms with Crippen LogP contribution < -0.4 is 10.0 Å². The van der Waals surface area contributed by atoms with Crippen molar-refractivity contribution in [3.05, 3.63) is 29.8 Å². The van der Waals surface area contributed by atoms with Crippen molar-refractivity contribution in [3.8, 4) is 0 Å². The second kappa shape index (κ2) is 5.79. The highest BCUT2D eigenvalue weighted by atomic mass is 32.2. The first-order chi connectivity index (χ1) is 8.68. The van der Waals surface area contributed by atoms with Gasteiger partial charge in [-0.05, 0) is 26.1 Å². The van der Waals surface area contributed by atoms with Crippen LogP contribution in [0.5, 0.6) is 0 Å². The monoisotopic (exact) mass is 296 g/mol. The van der Waals surface area contributed by atoms with Gasteiger partial charge in [-0.2, -0.15) is 13.2 Å². The van der Waals surface area contributed by atoms with E-state index in [2.05, 4.69) is 5.32 Å². The maximum Gasteiger partial charge on any atom is 0.418 e. The molecule has 0 aliphatic heterocycles. The molecule has 1 unspecified atom stereocenters. The minimum Gasteiger partial charge on any atom is -0.318 e. The van der Waals surface area contributed by atoms with Crippen molar-refractivity contribution >= 4 is 15.7 Å². The Morgan fingerprint density at radius 2 is 1.84 bits per heavy atom. The van der Waals surface area contributed by atoms with Gasteiger partial charge in [0, 0.05) is 6.54 Å². The summed E-state index contributed by atoms with van der Waals surface area (Å²) in [4.78, 5) is 0. The van der Waals surface area contributed by atoms with Gasteiger partial charge in [-0.1, -0.05) is 12.1 Å². The quantitative estimate of drug-likeness (QED) is 0.874. The number of anilines is 1. The summed E-state index contributed by atoms with van der Waals surface area (Å²) in [5.74, 6) is 0. The average molecular weight is 296 g/mol. The molecule has 1 rings (SSSR count). The largest absolute Gasteiger partial charge is 0.418 e. The summed E-state index contributed by atoms with van der Waals surface area (Å²) in [6.45, 7) is 1.55. The molecule has 0 aromatic heterocycles. The predicted octanol–water partition coefficient (Wildman–Crippen LogP) is 2.05. The summed E-state index contributed by atoms with van der Waals surface area (Å²) >= 11 is 0. The Morgan fingerprint density at radius 1 is 1.26 bits per heavy atom. The number of nitrogens with one attached hydrogen (secondary N) is 2. The van der Waals surface area contributed by atoms with E-state index in [9.17, 15) is 21.6 Å². The predicted molar refractivity (Wildman–Crippen MR) is 67.4 cm³/mol. The molecule has 1 atom stereocenters. The second-order valence-corrected chi connectivity index (χ2v) is 6.16. The molecule has 0 heterocycles. The van der Waals surface area contributed by atoms with Crippen LogP contribution in [0, 0.1) is 0 Å². The highest BCUT2D eigenvalue weighted by Crippen LogP contribution is 2.35. The van der Waals surface area contributed by atoms with Crippen molar-refractivity contribution < 1.29 is 21.6 Å². The van der Waals surface area contributed by atoms with Gasteiger partial charge < -0.3 is 5.32 Å². The van der Waals surface area contributed by atoms with Gasteiger partial charge >= 0.3 is 6.18 Å². The number of halogens is 3. The molecule has 0 saturated heterocycles. The number of para-hydroxylation sites is 1. The number of hydrogen-bond donors (Lipinski definition) is 2. The van der Waals surface area contributed by atoms with Crippen molar-refractivity contribution in [1.82, 2.24) is 5.32 Å². The SMILES string of the molecule is CNCC(C)S(=O)(=O)Nc1ccccc1C(F)(F)F. The fourth-order valence-electron chi connectivity index (χ4n) is 1.47. The first-order valence-corrected chi connectivity index (χ1v) is 7.05. The summed E-state index contributed by atoms with van der Waals surface area (Å²) in [6, 6.07) is 4.47. The minimum absolute atomic E-state index is 0.142. The van der Waals surface area contributed by atoms with E-state index < -0.39 is 32.7 Å². The van der Waals surface area contributed by atoms with Gasteiger partial charge in [0.15, 0.2) is 0 Å². The molecule has 19 heavy (non-hydrogen) atoms. The average Bonchev–Trinajstić information content (AvgIpc) is 2.28. The summed E-state index contributed by atoms with van der Waals surface area (Å²) in [5, 5.41) is 1.81. The summed E-state index contributed by atoms with van der Waals surface area (Å²) in [6.07, 6.45) is -4.61. The normalized spacial score (nSPS) is 14.2. The van der Waals surface area contributed by atoms with Crippen LogP contribution in [0.15, 0.2) is 24.3 Å². The molecule has 0 spiro atoms. The van der Waals surface area contributed by atoms with Gasteiger partial charge in [-0.25, -0.2) is 8.42 Å². The zero-order valence-electron chi connectivity index (χ0n) is 10.5. The maximum atomic E-state index is 12.7. The lowest BCUT2D eigenvalue weighted by molar-refractivity contribution is -0.136. The summed E-state index contributed by atoms with van der Waals surface area (Å²) in [7, 11) is -2.31. The van der Waals surface area contributed by atoms with Gasteiger partial charge in [0.25, 0.3) is 0 Å². The van der Waals surface area contributed by atoms with Gasteiger partial charge in [0.1, 0.15) is 0 Å². The molecule has 0 aliphatic carbocycles. The molecule has 0 saturated carbocycles. The number of sulfonamides is 1. The lowest BCUT2D eigenvalue weighted by Gasteiger charge is -2.17. The first kappa shape index (κ1) is 15.8. The fraction of sp³-hybridized carbons (Fsp3) is 0.455. The van der Waals surface area contributed by atoms with E-state index in [1.165, 1.54) is 19.1 Å². The number of rotatable bonds is 5. The maximum absolute atomic E-state index is 12.7. The van der Waals surface area contributed by atoms with Crippen LogP contribution in [-0.4, -0.2) is 27.3 Å². The van der Waals surface area contributed by atoms with Crippen molar-refractivity contribution in [2.45, 2.75) is 18.3 Å². The third kappa shape index (κ3) is 4.10. The van der Waals surface area contributed by atoms with Crippen LogP contribution in [0.25, 0.3) is 0 Å². The zero-order chi connectivity index (χ0) is 14.7. The molecule has 0 radical (unpaired) electrons. The Labute approximate surface area is 110 Å². The molecule has 2 N–H and O–H groups in total. The van der Waals surface area contributed by atoms with Crippen LogP contribution in [0.4, 0.5) is 18.9 Å². The fourth-order valence-corrected chi connectivity index (χ4v) is 2.54. The molecule has 8 heteroatoms. The van der Waals surface area contributed by atoms with E-state index in [0.717, 1.165) is 12.1 Å². The van der Waals surface area contributed by atoms with E-state index >= 15 is 0 Å². The number of alkyl halides is 3. The smallest absolute Gasteiger partial charge is 0.318 e. The first-order valence-electron chi connectivity index (χ1n) is 5.51. The Balaban J connectivity index is 3.07. The van der Waals surface area contributed by atoms with Crippen LogP contribution in [0.2, 0.25) is 0 Å². The van der Waals surface area contributed by atoms with E-state index in [1.807, 2.05) is 4.72 Å². The molecular formula is C11H15F3N2O2S. The van der Waals surface area contributed by atoms with E-state index in [-0.39, 0.29) is 6.54 Å². The Bertz CT molecular complexity index is 529. The standard InChI is InChI=1S/C11H15F3N2O2S/c1-8(7-15-2)19(17,18)16-10-6-4-3-5-9(10)11(12,13)14/h3-6,8,15-16H,7H2,1-2H3. The van der Waals surface area contributed by atoms with Crippen molar-refractivity contribution in [2.24, 2.45) is 0 Å². The topological polar surface area (TPSA) is 58.2 Å². The second-order valence-electron chi connectivity index (χ2n) is 4.06. The molecule has 108 valence electrons. The highest BCUT2D eigenvalue weighted by Gasteiger charge is 2.34. The molecule has 1 aromatic rings. The Hall–Kier alpha value is -1.28. The van der Waals surface area contributed by atoms with Crippen molar-refractivity contribution in [1.29, 1.82) is 0 Å². The summed E-state index contributed by atoms with van der Waals surface area (Å²) in [5.41, 5.74) is -1.46.